The van der Waals surface area contributed by atoms with Crippen LogP contribution in [0.15, 0.2) is 18.2 Å². The van der Waals surface area contributed by atoms with Crippen LogP contribution in [0.1, 0.15) is 12.0 Å². The molecule has 17 heavy (non-hydrogen) atoms. The van der Waals surface area contributed by atoms with Gasteiger partial charge in [-0.2, -0.15) is 4.39 Å². The highest BCUT2D eigenvalue weighted by molar-refractivity contribution is 5.36. The predicted octanol–water partition coefficient (Wildman–Crippen LogP) is 1.61. The number of halogens is 1. The zero-order chi connectivity index (χ0) is 12.3. The molecule has 1 fully saturated rings. The molecular formula is C11H13FN2O3. The Morgan fingerprint density at radius 1 is 1.59 bits per heavy atom. The van der Waals surface area contributed by atoms with Gasteiger partial charge in [-0.3, -0.25) is 10.1 Å². The van der Waals surface area contributed by atoms with E-state index in [0.717, 1.165) is 25.6 Å². The summed E-state index contributed by atoms with van der Waals surface area (Å²) in [5, 5.41) is 13.7. The first-order chi connectivity index (χ1) is 8.18. The van der Waals surface area contributed by atoms with Gasteiger partial charge in [-0.25, -0.2) is 0 Å². The third-order valence-corrected chi connectivity index (χ3v) is 2.74. The molecule has 0 aromatic heterocycles. The van der Waals surface area contributed by atoms with Crippen LogP contribution in [0, 0.1) is 15.9 Å². The number of nitro groups is 1. The smallest absolute Gasteiger partial charge is 0.305 e. The van der Waals surface area contributed by atoms with Gasteiger partial charge in [-0.15, -0.1) is 0 Å². The average molecular weight is 240 g/mol. The van der Waals surface area contributed by atoms with Gasteiger partial charge in [0.25, 0.3) is 0 Å². The highest BCUT2D eigenvalue weighted by Crippen LogP contribution is 2.21. The van der Waals surface area contributed by atoms with Crippen molar-refractivity contribution in [1.82, 2.24) is 5.32 Å². The first kappa shape index (κ1) is 11.9. The van der Waals surface area contributed by atoms with Crippen LogP contribution >= 0.6 is 0 Å². The number of benzene rings is 1. The molecule has 0 amide bonds. The normalized spacial score (nSPS) is 19.5. The van der Waals surface area contributed by atoms with Crippen molar-refractivity contribution in [2.75, 3.05) is 13.1 Å². The van der Waals surface area contributed by atoms with Gasteiger partial charge < -0.3 is 10.1 Å². The Hall–Kier alpha value is -1.53. The van der Waals surface area contributed by atoms with Gasteiger partial charge >= 0.3 is 5.69 Å². The number of nitro benzene ring substituents is 1. The van der Waals surface area contributed by atoms with E-state index in [4.69, 9.17) is 4.74 Å². The van der Waals surface area contributed by atoms with Crippen molar-refractivity contribution >= 4 is 5.69 Å². The quantitative estimate of drug-likeness (QED) is 0.641. The van der Waals surface area contributed by atoms with E-state index in [1.807, 2.05) is 0 Å². The van der Waals surface area contributed by atoms with E-state index in [9.17, 15) is 14.5 Å². The lowest BCUT2D eigenvalue weighted by atomic mass is 10.2. The molecule has 2 rings (SSSR count). The molecule has 1 aliphatic rings. The molecule has 1 unspecified atom stereocenters. The molecule has 0 bridgehead atoms. The summed E-state index contributed by atoms with van der Waals surface area (Å²) in [6, 6.07) is 4.12. The topological polar surface area (TPSA) is 64.4 Å². The van der Waals surface area contributed by atoms with Gasteiger partial charge in [0.1, 0.15) is 0 Å². The molecule has 92 valence electrons. The molecule has 1 saturated heterocycles. The second-order valence-electron chi connectivity index (χ2n) is 3.93. The summed E-state index contributed by atoms with van der Waals surface area (Å²) >= 11 is 0. The fourth-order valence-electron chi connectivity index (χ4n) is 1.80. The minimum Gasteiger partial charge on any atom is -0.372 e. The maximum Gasteiger partial charge on any atom is 0.305 e. The second kappa shape index (κ2) is 5.20. The molecule has 1 aliphatic heterocycles. The molecule has 0 radical (unpaired) electrons. The van der Waals surface area contributed by atoms with Crippen molar-refractivity contribution in [3.05, 3.63) is 39.7 Å². The van der Waals surface area contributed by atoms with Crippen LogP contribution in [-0.2, 0) is 11.3 Å². The molecule has 0 saturated carbocycles. The van der Waals surface area contributed by atoms with Crippen LogP contribution in [0.5, 0.6) is 0 Å². The Morgan fingerprint density at radius 2 is 2.41 bits per heavy atom. The van der Waals surface area contributed by atoms with Gasteiger partial charge in [0.05, 0.1) is 17.6 Å². The summed E-state index contributed by atoms with van der Waals surface area (Å²) in [6.07, 6.45) is 0.949. The summed E-state index contributed by atoms with van der Waals surface area (Å²) in [6.45, 7) is 1.71. The molecule has 1 N–H and O–H groups in total. The molecule has 5 nitrogen and oxygen atoms in total. The number of ether oxygens (including phenoxy) is 1. The van der Waals surface area contributed by atoms with Gasteiger partial charge in [0.2, 0.25) is 5.82 Å². The highest BCUT2D eigenvalue weighted by atomic mass is 19.1. The number of hydrogen-bond donors (Lipinski definition) is 1. The fourth-order valence-corrected chi connectivity index (χ4v) is 1.80. The minimum absolute atomic E-state index is 0.0636. The van der Waals surface area contributed by atoms with Crippen LogP contribution in [0.25, 0.3) is 0 Å². The van der Waals surface area contributed by atoms with Gasteiger partial charge in [-0.05, 0) is 13.0 Å². The van der Waals surface area contributed by atoms with Gasteiger partial charge in [-0.1, -0.05) is 12.1 Å². The van der Waals surface area contributed by atoms with Crippen molar-refractivity contribution in [1.29, 1.82) is 0 Å². The Morgan fingerprint density at radius 3 is 3.06 bits per heavy atom. The lowest BCUT2D eigenvalue weighted by molar-refractivity contribution is -0.387. The van der Waals surface area contributed by atoms with Crippen molar-refractivity contribution in [3.63, 3.8) is 0 Å². The van der Waals surface area contributed by atoms with Crippen molar-refractivity contribution in [2.45, 2.75) is 19.1 Å². The monoisotopic (exact) mass is 240 g/mol. The summed E-state index contributed by atoms with van der Waals surface area (Å²) in [4.78, 5) is 9.82. The largest absolute Gasteiger partial charge is 0.372 e. The Bertz CT molecular complexity index is 419. The van der Waals surface area contributed by atoms with E-state index < -0.39 is 16.4 Å². The molecule has 1 heterocycles. The van der Waals surface area contributed by atoms with E-state index in [1.54, 1.807) is 0 Å². The van der Waals surface area contributed by atoms with E-state index >= 15 is 0 Å². The lowest BCUT2D eigenvalue weighted by Gasteiger charge is -2.10. The summed E-state index contributed by atoms with van der Waals surface area (Å²) in [5.74, 6) is -0.802. The summed E-state index contributed by atoms with van der Waals surface area (Å²) in [7, 11) is 0. The third-order valence-electron chi connectivity index (χ3n) is 2.74. The fraction of sp³-hybridized carbons (Fsp3) is 0.455. The minimum atomic E-state index is -0.802. The maximum absolute atomic E-state index is 13.7. The zero-order valence-corrected chi connectivity index (χ0v) is 9.19. The molecule has 6 heteroatoms. The molecule has 1 aromatic rings. The van der Waals surface area contributed by atoms with Crippen molar-refractivity contribution in [3.8, 4) is 0 Å². The average Bonchev–Trinajstić information content (AvgIpc) is 2.80. The Kier molecular flexibility index (Phi) is 3.65. The predicted molar refractivity (Wildman–Crippen MR) is 59.1 cm³/mol. The Labute approximate surface area is 97.7 Å². The molecule has 0 aliphatic carbocycles. The third kappa shape index (κ3) is 2.78. The number of nitrogens with zero attached hydrogens (tertiary/aromatic N) is 1. The van der Waals surface area contributed by atoms with E-state index in [1.165, 1.54) is 12.1 Å². The summed E-state index contributed by atoms with van der Waals surface area (Å²) < 4.78 is 19.1. The number of rotatable bonds is 4. The first-order valence-corrected chi connectivity index (χ1v) is 5.42. The van der Waals surface area contributed by atoms with Crippen molar-refractivity contribution < 1.29 is 14.1 Å². The second-order valence-corrected chi connectivity index (χ2v) is 3.93. The van der Waals surface area contributed by atoms with Gasteiger partial charge in [0, 0.05) is 18.2 Å². The number of hydrogen-bond acceptors (Lipinski definition) is 4. The SMILES string of the molecule is O=[N+]([O-])c1cccc(COC2CCNC2)c1F. The zero-order valence-electron chi connectivity index (χ0n) is 9.19. The van der Waals surface area contributed by atoms with E-state index in [2.05, 4.69) is 5.32 Å². The first-order valence-electron chi connectivity index (χ1n) is 5.42. The molecule has 0 spiro atoms. The molecular weight excluding hydrogens is 227 g/mol. The Balaban J connectivity index is 2.04. The van der Waals surface area contributed by atoms with Crippen LogP contribution in [0.4, 0.5) is 10.1 Å². The summed E-state index contributed by atoms with van der Waals surface area (Å²) in [5.41, 5.74) is -0.276. The van der Waals surface area contributed by atoms with Crippen LogP contribution in [0.3, 0.4) is 0 Å². The van der Waals surface area contributed by atoms with Crippen LogP contribution < -0.4 is 5.32 Å². The van der Waals surface area contributed by atoms with Crippen LogP contribution in [0.2, 0.25) is 0 Å². The van der Waals surface area contributed by atoms with E-state index in [0.29, 0.717) is 0 Å². The standard InChI is InChI=1S/C11H13FN2O3/c12-11-8(2-1-3-10(11)14(15)16)7-17-9-4-5-13-6-9/h1-3,9,13H,4-7H2. The van der Waals surface area contributed by atoms with E-state index in [-0.39, 0.29) is 18.3 Å². The maximum atomic E-state index is 13.7. The lowest BCUT2D eigenvalue weighted by Crippen LogP contribution is -2.16. The van der Waals surface area contributed by atoms with Crippen LogP contribution in [-0.4, -0.2) is 24.1 Å². The number of nitrogens with one attached hydrogen (secondary N) is 1. The van der Waals surface area contributed by atoms with Gasteiger partial charge in [0.15, 0.2) is 0 Å². The highest BCUT2D eigenvalue weighted by Gasteiger charge is 2.19. The molecule has 1 atom stereocenters. The molecule has 1 aromatic carbocycles. The van der Waals surface area contributed by atoms with Crippen molar-refractivity contribution in [2.24, 2.45) is 0 Å².